The lowest BCUT2D eigenvalue weighted by molar-refractivity contribution is -0.121. The van der Waals surface area contributed by atoms with E-state index in [-0.39, 0.29) is 36.4 Å². The zero-order valence-electron chi connectivity index (χ0n) is 14.8. The van der Waals surface area contributed by atoms with Crippen LogP contribution in [0, 0.1) is 0 Å². The average Bonchev–Trinajstić information content (AvgIpc) is 2.61. The summed E-state index contributed by atoms with van der Waals surface area (Å²) in [5, 5.41) is 14.9. The SMILES string of the molecule is CC(C)NC(=O)CCNC(=O)c1ccccc1-c1ccccc1C(=O)O. The molecule has 0 aromatic heterocycles. The van der Waals surface area contributed by atoms with Crippen molar-refractivity contribution < 1.29 is 19.5 Å². The summed E-state index contributed by atoms with van der Waals surface area (Å²) in [4.78, 5) is 35.7. The quantitative estimate of drug-likeness (QED) is 0.712. The second-order valence-electron chi connectivity index (χ2n) is 6.12. The Bertz CT molecular complexity index is 815. The van der Waals surface area contributed by atoms with Crippen LogP contribution in [-0.2, 0) is 4.79 Å². The van der Waals surface area contributed by atoms with E-state index in [0.717, 1.165) is 0 Å². The van der Waals surface area contributed by atoms with Crippen molar-refractivity contribution in [1.29, 1.82) is 0 Å². The number of nitrogens with one attached hydrogen (secondary N) is 2. The van der Waals surface area contributed by atoms with Crippen LogP contribution in [0.1, 0.15) is 41.0 Å². The Hall–Kier alpha value is -3.15. The van der Waals surface area contributed by atoms with Crippen molar-refractivity contribution in [2.75, 3.05) is 6.54 Å². The van der Waals surface area contributed by atoms with Gasteiger partial charge in [0.1, 0.15) is 0 Å². The van der Waals surface area contributed by atoms with Crippen molar-refractivity contribution in [3.05, 3.63) is 59.7 Å². The van der Waals surface area contributed by atoms with E-state index in [2.05, 4.69) is 10.6 Å². The maximum atomic E-state index is 12.5. The smallest absolute Gasteiger partial charge is 0.336 e. The number of carbonyl (C=O) groups excluding carboxylic acids is 2. The van der Waals surface area contributed by atoms with E-state index in [0.29, 0.717) is 16.7 Å². The number of hydrogen-bond acceptors (Lipinski definition) is 3. The largest absolute Gasteiger partial charge is 0.478 e. The molecule has 0 spiro atoms. The van der Waals surface area contributed by atoms with Crippen LogP contribution in [0.3, 0.4) is 0 Å². The highest BCUT2D eigenvalue weighted by molar-refractivity contribution is 6.04. The van der Waals surface area contributed by atoms with E-state index < -0.39 is 5.97 Å². The fraction of sp³-hybridized carbons (Fsp3) is 0.250. The number of benzene rings is 2. The van der Waals surface area contributed by atoms with Crippen molar-refractivity contribution >= 4 is 17.8 Å². The molecule has 0 saturated heterocycles. The van der Waals surface area contributed by atoms with Crippen molar-refractivity contribution in [2.24, 2.45) is 0 Å². The van der Waals surface area contributed by atoms with Crippen LogP contribution >= 0.6 is 0 Å². The van der Waals surface area contributed by atoms with Gasteiger partial charge in [-0.2, -0.15) is 0 Å². The molecule has 0 aliphatic heterocycles. The van der Waals surface area contributed by atoms with Gasteiger partial charge < -0.3 is 15.7 Å². The molecule has 0 bridgehead atoms. The Labute approximate surface area is 152 Å². The topological polar surface area (TPSA) is 95.5 Å². The van der Waals surface area contributed by atoms with Gasteiger partial charge in [0.15, 0.2) is 0 Å². The molecule has 2 aromatic rings. The number of amides is 2. The number of carboxylic acids is 1. The molecule has 0 aliphatic rings. The van der Waals surface area contributed by atoms with Crippen molar-refractivity contribution in [3.63, 3.8) is 0 Å². The molecule has 3 N–H and O–H groups in total. The number of aromatic carboxylic acids is 1. The fourth-order valence-corrected chi connectivity index (χ4v) is 2.60. The van der Waals surface area contributed by atoms with E-state index >= 15 is 0 Å². The minimum atomic E-state index is -1.05. The first-order valence-electron chi connectivity index (χ1n) is 8.39. The summed E-state index contributed by atoms with van der Waals surface area (Å²) in [6, 6.07) is 13.4. The lowest BCUT2D eigenvalue weighted by Crippen LogP contribution is -2.34. The van der Waals surface area contributed by atoms with E-state index in [4.69, 9.17) is 0 Å². The summed E-state index contributed by atoms with van der Waals surface area (Å²) in [6.45, 7) is 3.94. The zero-order valence-corrected chi connectivity index (χ0v) is 14.8. The lowest BCUT2D eigenvalue weighted by atomic mass is 9.95. The van der Waals surface area contributed by atoms with Gasteiger partial charge in [0.2, 0.25) is 5.91 Å². The second kappa shape index (κ2) is 8.80. The maximum Gasteiger partial charge on any atom is 0.336 e. The molecule has 0 unspecified atom stereocenters. The predicted octanol–water partition coefficient (Wildman–Crippen LogP) is 2.70. The fourth-order valence-electron chi connectivity index (χ4n) is 2.60. The molecule has 26 heavy (non-hydrogen) atoms. The minimum absolute atomic E-state index is 0.0476. The molecular weight excluding hydrogens is 332 g/mol. The van der Waals surface area contributed by atoms with Gasteiger partial charge in [0.25, 0.3) is 5.91 Å². The molecule has 2 amide bonds. The summed E-state index contributed by atoms with van der Waals surface area (Å²) in [5.74, 6) is -1.54. The number of hydrogen-bond donors (Lipinski definition) is 3. The second-order valence-corrected chi connectivity index (χ2v) is 6.12. The predicted molar refractivity (Wildman–Crippen MR) is 99.1 cm³/mol. The first-order valence-corrected chi connectivity index (χ1v) is 8.39. The Morgan fingerprint density at radius 1 is 0.923 bits per heavy atom. The molecule has 6 nitrogen and oxygen atoms in total. The van der Waals surface area contributed by atoms with E-state index in [1.54, 1.807) is 42.5 Å². The van der Waals surface area contributed by atoms with Crippen LogP contribution in [0.15, 0.2) is 48.5 Å². The third-order valence-electron chi connectivity index (χ3n) is 3.71. The molecule has 0 heterocycles. The summed E-state index contributed by atoms with van der Waals surface area (Å²) in [7, 11) is 0. The van der Waals surface area contributed by atoms with Gasteiger partial charge in [0.05, 0.1) is 5.56 Å². The zero-order chi connectivity index (χ0) is 19.1. The highest BCUT2D eigenvalue weighted by atomic mass is 16.4. The minimum Gasteiger partial charge on any atom is -0.478 e. The number of carbonyl (C=O) groups is 3. The van der Waals surface area contributed by atoms with Crippen molar-refractivity contribution in [1.82, 2.24) is 10.6 Å². The van der Waals surface area contributed by atoms with Crippen LogP contribution in [0.5, 0.6) is 0 Å². The van der Waals surface area contributed by atoms with Gasteiger partial charge in [-0.15, -0.1) is 0 Å². The highest BCUT2D eigenvalue weighted by Crippen LogP contribution is 2.27. The third-order valence-corrected chi connectivity index (χ3v) is 3.71. The van der Waals surface area contributed by atoms with Gasteiger partial charge in [-0.1, -0.05) is 36.4 Å². The summed E-state index contributed by atoms with van der Waals surface area (Å²) < 4.78 is 0. The monoisotopic (exact) mass is 354 g/mol. The first kappa shape index (κ1) is 19.2. The molecule has 2 rings (SSSR count). The van der Waals surface area contributed by atoms with E-state index in [1.807, 2.05) is 13.8 Å². The molecule has 0 fully saturated rings. The van der Waals surface area contributed by atoms with Gasteiger partial charge in [0, 0.05) is 24.6 Å². The first-order chi connectivity index (χ1) is 12.4. The van der Waals surface area contributed by atoms with Gasteiger partial charge in [-0.25, -0.2) is 4.79 Å². The Balaban J connectivity index is 2.18. The molecule has 0 saturated carbocycles. The molecule has 6 heteroatoms. The Kier molecular flexibility index (Phi) is 6.49. The van der Waals surface area contributed by atoms with E-state index in [9.17, 15) is 19.5 Å². The van der Waals surface area contributed by atoms with E-state index in [1.165, 1.54) is 6.07 Å². The molecule has 136 valence electrons. The Morgan fingerprint density at radius 2 is 1.46 bits per heavy atom. The van der Waals surface area contributed by atoms with Crippen molar-refractivity contribution in [3.8, 4) is 11.1 Å². The summed E-state index contributed by atoms with van der Waals surface area (Å²) >= 11 is 0. The number of rotatable bonds is 7. The average molecular weight is 354 g/mol. The Morgan fingerprint density at radius 3 is 2.04 bits per heavy atom. The van der Waals surface area contributed by atoms with Crippen molar-refractivity contribution in [2.45, 2.75) is 26.3 Å². The van der Waals surface area contributed by atoms with Crippen LogP contribution in [0.2, 0.25) is 0 Å². The maximum absolute atomic E-state index is 12.5. The molecular formula is C20H22N2O4. The summed E-state index contributed by atoms with van der Waals surface area (Å²) in [5.41, 5.74) is 1.51. The normalized spacial score (nSPS) is 10.4. The lowest BCUT2D eigenvalue weighted by Gasteiger charge is -2.13. The highest BCUT2D eigenvalue weighted by Gasteiger charge is 2.17. The third kappa shape index (κ3) is 4.92. The van der Waals surface area contributed by atoms with Crippen LogP contribution < -0.4 is 10.6 Å². The molecule has 0 aliphatic carbocycles. The van der Waals surface area contributed by atoms with Gasteiger partial charge in [-0.05, 0) is 37.1 Å². The molecule has 2 aromatic carbocycles. The van der Waals surface area contributed by atoms with Gasteiger partial charge in [-0.3, -0.25) is 9.59 Å². The van der Waals surface area contributed by atoms with Gasteiger partial charge >= 0.3 is 5.97 Å². The van der Waals surface area contributed by atoms with Crippen LogP contribution in [0.25, 0.3) is 11.1 Å². The van der Waals surface area contributed by atoms with Crippen LogP contribution in [0.4, 0.5) is 0 Å². The standard InChI is InChI=1S/C20H22N2O4/c1-13(2)22-18(23)11-12-21-19(24)16-9-5-3-7-14(16)15-8-4-6-10-17(15)20(25)26/h3-10,13H,11-12H2,1-2H3,(H,21,24)(H,22,23)(H,25,26). The summed E-state index contributed by atoms with van der Waals surface area (Å²) in [6.07, 6.45) is 0.178. The molecule has 0 atom stereocenters. The van der Waals surface area contributed by atoms with Crippen LogP contribution in [-0.4, -0.2) is 35.5 Å². The molecule has 0 radical (unpaired) electrons. The number of carboxylic acid groups (broad SMARTS) is 1.